The fraction of sp³-hybridized carbons (Fsp3) is 0.412. The van der Waals surface area contributed by atoms with E-state index in [0.717, 1.165) is 4.90 Å². The van der Waals surface area contributed by atoms with Gasteiger partial charge in [-0.2, -0.15) is 0 Å². The van der Waals surface area contributed by atoms with Gasteiger partial charge in [0.1, 0.15) is 5.82 Å². The molecule has 1 N–H and O–H groups in total. The first-order valence-corrected chi connectivity index (χ1v) is 11.3. The van der Waals surface area contributed by atoms with Crippen molar-refractivity contribution in [2.45, 2.75) is 37.5 Å². The summed E-state index contributed by atoms with van der Waals surface area (Å²) in [5, 5.41) is 9.81. The molecule has 0 fully saturated rings. The zero-order valence-electron chi connectivity index (χ0n) is 15.0. The molecule has 2 rings (SSSR count). The van der Waals surface area contributed by atoms with Gasteiger partial charge in [0.2, 0.25) is 7.59 Å². The number of nitrogens with zero attached hydrogens (tertiary/aromatic N) is 3. The summed E-state index contributed by atoms with van der Waals surface area (Å²) in [6.07, 6.45) is 0.322. The summed E-state index contributed by atoms with van der Waals surface area (Å²) in [6, 6.07) is 9.21. The maximum Gasteiger partial charge on any atom is 0.308 e. The number of hydrogen-bond acceptors (Lipinski definition) is 5. The van der Waals surface area contributed by atoms with Crippen LogP contribution in [-0.2, 0) is 17.1 Å². The second-order valence-electron chi connectivity index (χ2n) is 6.02. The molecule has 0 aliphatic rings. The highest BCUT2D eigenvalue weighted by Crippen LogP contribution is 2.50. The number of thioether (sulfide) groups is 1. The molecule has 2 atom stereocenters. The van der Waals surface area contributed by atoms with Crippen LogP contribution in [0.5, 0.6) is 0 Å². The smallest absolute Gasteiger partial charge is 0.308 e. The van der Waals surface area contributed by atoms with Crippen molar-refractivity contribution in [1.82, 2.24) is 15.0 Å². The summed E-state index contributed by atoms with van der Waals surface area (Å²) in [7, 11) is 0. The number of aromatic nitrogens is 3. The Morgan fingerprint density at radius 3 is 1.79 bits per heavy atom. The Morgan fingerprint density at radius 2 is 1.41 bits per heavy atom. The first kappa shape index (κ1) is 25.1. The molecule has 0 bridgehead atoms. The maximum absolute atomic E-state index is 12.0. The van der Waals surface area contributed by atoms with Gasteiger partial charge in [-0.3, -0.25) is 4.79 Å². The highest BCUT2D eigenvalue weighted by Gasteiger charge is 2.46. The molecule has 0 saturated heterocycles. The average molecular weight is 538 g/mol. The number of alkyl halides is 6. The Bertz CT molecular complexity index is 843. The van der Waals surface area contributed by atoms with Crippen LogP contribution in [-0.4, -0.2) is 26.0 Å². The molecule has 1 aromatic heterocycles. The highest BCUT2D eigenvalue weighted by molar-refractivity contribution is 8.00. The summed E-state index contributed by atoms with van der Waals surface area (Å²) in [4.78, 5) is 25.3. The van der Waals surface area contributed by atoms with E-state index in [2.05, 4.69) is 15.0 Å². The Morgan fingerprint density at radius 1 is 0.966 bits per heavy atom. The monoisotopic (exact) mass is 535 g/mol. The molecular weight excluding hydrogens is 523 g/mol. The number of rotatable bonds is 6. The summed E-state index contributed by atoms with van der Waals surface area (Å²) >= 11 is 37.1. The van der Waals surface area contributed by atoms with Gasteiger partial charge in [0, 0.05) is 4.90 Å². The van der Waals surface area contributed by atoms with E-state index in [1.807, 2.05) is 37.3 Å². The van der Waals surface area contributed by atoms with E-state index in [1.54, 1.807) is 6.92 Å². The van der Waals surface area contributed by atoms with Gasteiger partial charge in [-0.05, 0) is 18.6 Å². The third-order valence-corrected chi connectivity index (χ3v) is 6.87. The van der Waals surface area contributed by atoms with Crippen molar-refractivity contribution in [3.05, 3.63) is 47.8 Å². The number of carbonyl (C=O) groups is 1. The molecule has 0 saturated carbocycles. The molecule has 1 aromatic carbocycles. The van der Waals surface area contributed by atoms with Crippen LogP contribution in [0.25, 0.3) is 0 Å². The Hall–Kier alpha value is -0.210. The number of carboxylic acids is 1. The lowest BCUT2D eigenvalue weighted by molar-refractivity contribution is -0.142. The minimum absolute atomic E-state index is 0.0430. The van der Waals surface area contributed by atoms with Gasteiger partial charge in [-0.25, -0.2) is 15.0 Å². The van der Waals surface area contributed by atoms with Crippen molar-refractivity contribution in [2.24, 2.45) is 5.92 Å². The van der Waals surface area contributed by atoms with Gasteiger partial charge in [-0.15, -0.1) is 11.8 Å². The normalized spacial score (nSPS) is 15.6. The molecule has 2 unspecified atom stereocenters. The molecule has 12 heteroatoms. The van der Waals surface area contributed by atoms with Crippen LogP contribution in [0.3, 0.4) is 0 Å². The van der Waals surface area contributed by atoms with Gasteiger partial charge in [0.25, 0.3) is 0 Å². The third-order valence-electron chi connectivity index (χ3n) is 4.16. The zero-order valence-corrected chi connectivity index (χ0v) is 20.4. The van der Waals surface area contributed by atoms with Crippen LogP contribution in [0.1, 0.15) is 37.7 Å². The van der Waals surface area contributed by atoms with Gasteiger partial charge in [0.15, 0.2) is 11.6 Å². The van der Waals surface area contributed by atoms with Crippen molar-refractivity contribution < 1.29 is 9.90 Å². The molecule has 0 amide bonds. The average Bonchev–Trinajstić information content (AvgIpc) is 2.64. The van der Waals surface area contributed by atoms with Crippen molar-refractivity contribution >= 4 is 87.3 Å². The number of aliphatic carboxylic acids is 1. The van der Waals surface area contributed by atoms with E-state index in [9.17, 15) is 9.90 Å². The SMILES string of the molecule is CCC(Sc1ccccc1)(c1nc(C(Cl)(Cl)Cl)nc(C(Cl)(Cl)Cl)n1)C(C)C(=O)O. The number of hydrogen-bond donors (Lipinski definition) is 1. The van der Waals surface area contributed by atoms with Gasteiger partial charge >= 0.3 is 5.97 Å². The van der Waals surface area contributed by atoms with E-state index >= 15 is 0 Å². The van der Waals surface area contributed by atoms with E-state index in [0.29, 0.717) is 6.42 Å². The molecule has 0 aliphatic carbocycles. The van der Waals surface area contributed by atoms with Crippen LogP contribution in [0.2, 0.25) is 0 Å². The van der Waals surface area contributed by atoms with Crippen LogP contribution in [0.15, 0.2) is 35.2 Å². The standard InChI is InChI=1S/C17H15Cl6N3O2S/c1-3-15(9(2)11(27)28,29-10-7-5-4-6-8-10)12-24-13(16(18,19)20)26-14(25-12)17(21,22)23/h4-9H,3H2,1-2H3,(H,27,28). The van der Waals surface area contributed by atoms with Crippen molar-refractivity contribution in [2.75, 3.05) is 0 Å². The number of halogens is 6. The quantitative estimate of drug-likeness (QED) is 0.328. The van der Waals surface area contributed by atoms with Crippen molar-refractivity contribution in [3.8, 4) is 0 Å². The van der Waals surface area contributed by atoms with E-state index in [1.165, 1.54) is 11.8 Å². The zero-order chi connectivity index (χ0) is 22.0. The second-order valence-corrected chi connectivity index (χ2v) is 12.0. The Kier molecular flexibility index (Phi) is 8.22. The Balaban J connectivity index is 2.80. The molecule has 2 aromatic rings. The van der Waals surface area contributed by atoms with E-state index in [-0.39, 0.29) is 17.5 Å². The number of carboxylic acid groups (broad SMARTS) is 1. The summed E-state index contributed by atoms with van der Waals surface area (Å²) in [5.41, 5.74) is 0. The second kappa shape index (κ2) is 9.51. The predicted molar refractivity (Wildman–Crippen MR) is 119 cm³/mol. The van der Waals surface area contributed by atoms with Crippen molar-refractivity contribution in [3.63, 3.8) is 0 Å². The van der Waals surface area contributed by atoms with Crippen LogP contribution in [0, 0.1) is 5.92 Å². The minimum Gasteiger partial charge on any atom is -0.481 e. The molecule has 1 heterocycles. The summed E-state index contributed by atoms with van der Waals surface area (Å²) < 4.78 is -5.23. The summed E-state index contributed by atoms with van der Waals surface area (Å²) in [5.74, 6) is -2.48. The highest BCUT2D eigenvalue weighted by atomic mass is 35.6. The molecule has 158 valence electrons. The molecule has 29 heavy (non-hydrogen) atoms. The lowest BCUT2D eigenvalue weighted by Gasteiger charge is -2.35. The van der Waals surface area contributed by atoms with Crippen LogP contribution < -0.4 is 0 Å². The molecule has 0 radical (unpaired) electrons. The molecule has 5 nitrogen and oxygen atoms in total. The third kappa shape index (κ3) is 5.94. The van der Waals surface area contributed by atoms with Gasteiger partial charge < -0.3 is 5.11 Å². The first-order valence-electron chi connectivity index (χ1n) is 8.19. The largest absolute Gasteiger partial charge is 0.481 e. The summed E-state index contributed by atoms with van der Waals surface area (Å²) in [6.45, 7) is 3.36. The van der Waals surface area contributed by atoms with Gasteiger partial charge in [0.05, 0.1) is 10.7 Å². The number of benzene rings is 1. The predicted octanol–water partition coefficient (Wildman–Crippen LogP) is 6.64. The van der Waals surface area contributed by atoms with E-state index < -0.39 is 24.2 Å². The van der Waals surface area contributed by atoms with Crippen LogP contribution in [0.4, 0.5) is 0 Å². The Labute approximate surface area is 202 Å². The lowest BCUT2D eigenvalue weighted by atomic mass is 9.89. The first-order chi connectivity index (χ1) is 13.3. The lowest BCUT2D eigenvalue weighted by Crippen LogP contribution is -2.38. The molecule has 0 spiro atoms. The maximum atomic E-state index is 12.0. The molecule has 0 aliphatic heterocycles. The fourth-order valence-electron chi connectivity index (χ4n) is 2.58. The van der Waals surface area contributed by atoms with Gasteiger partial charge in [-0.1, -0.05) is 102 Å². The minimum atomic E-state index is -2.04. The van der Waals surface area contributed by atoms with Crippen molar-refractivity contribution in [1.29, 1.82) is 0 Å². The van der Waals surface area contributed by atoms with E-state index in [4.69, 9.17) is 69.6 Å². The van der Waals surface area contributed by atoms with Crippen LogP contribution >= 0.6 is 81.4 Å². The fourth-order valence-corrected chi connectivity index (χ4v) is 4.41. The molecular formula is C17H15Cl6N3O2S. The topological polar surface area (TPSA) is 76.0 Å².